The summed E-state index contributed by atoms with van der Waals surface area (Å²) in [4.78, 5) is 0. The van der Waals surface area contributed by atoms with Crippen LogP contribution in [0.5, 0.6) is 5.75 Å². The Balaban J connectivity index is 2.09. The molecule has 1 unspecified atom stereocenters. The smallest absolute Gasteiger partial charge is 0.165 e. The van der Waals surface area contributed by atoms with Gasteiger partial charge in [0.2, 0.25) is 0 Å². The van der Waals surface area contributed by atoms with E-state index < -0.39 is 0 Å². The second-order valence-electron chi connectivity index (χ2n) is 4.28. The lowest BCUT2D eigenvalue weighted by Gasteiger charge is -2.27. The van der Waals surface area contributed by atoms with Gasteiger partial charge >= 0.3 is 0 Å². The van der Waals surface area contributed by atoms with Crippen molar-refractivity contribution in [1.82, 2.24) is 0 Å². The minimum absolute atomic E-state index is 0.0175. The normalized spacial score (nSPS) is 17.9. The fourth-order valence-electron chi connectivity index (χ4n) is 1.62. The Kier molecular flexibility index (Phi) is 3.44. The standard InChI is InChI=1S/C13H17FO2/c1-3-9(2)10-4-5-13(12(14)6-10)16-11-7-15-8-11/h4-6,9,11H,3,7-8H2,1-2H3. The lowest BCUT2D eigenvalue weighted by atomic mass is 9.98. The zero-order chi connectivity index (χ0) is 11.5. The van der Waals surface area contributed by atoms with Crippen LogP contribution in [0.4, 0.5) is 4.39 Å². The Morgan fingerprint density at radius 2 is 2.25 bits per heavy atom. The SMILES string of the molecule is CCC(C)c1ccc(OC2COC2)c(F)c1. The largest absolute Gasteiger partial charge is 0.483 e. The average molecular weight is 224 g/mol. The molecule has 1 aliphatic heterocycles. The van der Waals surface area contributed by atoms with E-state index in [2.05, 4.69) is 13.8 Å². The minimum Gasteiger partial charge on any atom is -0.483 e. The van der Waals surface area contributed by atoms with Crippen LogP contribution in [0.25, 0.3) is 0 Å². The van der Waals surface area contributed by atoms with Gasteiger partial charge in [-0.25, -0.2) is 4.39 Å². The first-order chi connectivity index (χ1) is 7.70. The molecular formula is C13H17FO2. The molecule has 0 bridgehead atoms. The zero-order valence-corrected chi connectivity index (χ0v) is 9.70. The summed E-state index contributed by atoms with van der Waals surface area (Å²) in [5.74, 6) is 0.445. The van der Waals surface area contributed by atoms with E-state index in [0.29, 0.717) is 24.9 Å². The van der Waals surface area contributed by atoms with Crippen molar-refractivity contribution >= 4 is 0 Å². The molecule has 1 aromatic rings. The van der Waals surface area contributed by atoms with E-state index in [9.17, 15) is 4.39 Å². The van der Waals surface area contributed by atoms with E-state index in [1.165, 1.54) is 0 Å². The maximum absolute atomic E-state index is 13.7. The molecule has 0 radical (unpaired) electrons. The molecule has 16 heavy (non-hydrogen) atoms. The highest BCUT2D eigenvalue weighted by atomic mass is 19.1. The lowest BCUT2D eigenvalue weighted by Crippen LogP contribution is -2.38. The van der Waals surface area contributed by atoms with E-state index in [0.717, 1.165) is 12.0 Å². The Bertz CT molecular complexity index is 361. The van der Waals surface area contributed by atoms with Gasteiger partial charge in [0.05, 0.1) is 13.2 Å². The van der Waals surface area contributed by atoms with Crippen LogP contribution in [0.3, 0.4) is 0 Å². The Hall–Kier alpha value is -1.09. The molecule has 1 atom stereocenters. The van der Waals surface area contributed by atoms with Crippen molar-refractivity contribution in [2.45, 2.75) is 32.3 Å². The second kappa shape index (κ2) is 4.83. The van der Waals surface area contributed by atoms with Gasteiger partial charge in [-0.15, -0.1) is 0 Å². The van der Waals surface area contributed by atoms with Crippen molar-refractivity contribution in [2.75, 3.05) is 13.2 Å². The van der Waals surface area contributed by atoms with Crippen molar-refractivity contribution in [2.24, 2.45) is 0 Å². The van der Waals surface area contributed by atoms with Crippen LogP contribution in [0.1, 0.15) is 31.7 Å². The molecule has 88 valence electrons. The molecule has 1 saturated heterocycles. The molecule has 2 rings (SSSR count). The van der Waals surface area contributed by atoms with Crippen molar-refractivity contribution in [3.63, 3.8) is 0 Å². The quantitative estimate of drug-likeness (QED) is 0.782. The molecule has 0 aromatic heterocycles. The third kappa shape index (κ3) is 2.35. The lowest BCUT2D eigenvalue weighted by molar-refractivity contribution is -0.0809. The topological polar surface area (TPSA) is 18.5 Å². The molecule has 0 aliphatic carbocycles. The van der Waals surface area contributed by atoms with Gasteiger partial charge in [-0.1, -0.05) is 19.9 Å². The Labute approximate surface area is 95.4 Å². The number of ether oxygens (including phenoxy) is 2. The van der Waals surface area contributed by atoms with E-state index in [-0.39, 0.29) is 11.9 Å². The second-order valence-corrected chi connectivity index (χ2v) is 4.28. The van der Waals surface area contributed by atoms with Gasteiger partial charge in [0, 0.05) is 0 Å². The monoisotopic (exact) mass is 224 g/mol. The van der Waals surface area contributed by atoms with Crippen LogP contribution in [-0.2, 0) is 4.74 Å². The van der Waals surface area contributed by atoms with E-state index >= 15 is 0 Å². The first-order valence-electron chi connectivity index (χ1n) is 5.74. The predicted molar refractivity (Wildman–Crippen MR) is 60.3 cm³/mol. The summed E-state index contributed by atoms with van der Waals surface area (Å²) in [6.07, 6.45) is 1.03. The summed E-state index contributed by atoms with van der Waals surface area (Å²) < 4.78 is 24.1. The van der Waals surface area contributed by atoms with Crippen molar-refractivity contribution in [3.8, 4) is 5.75 Å². The molecular weight excluding hydrogens is 207 g/mol. The summed E-state index contributed by atoms with van der Waals surface area (Å²) in [5.41, 5.74) is 1.03. The van der Waals surface area contributed by atoms with Crippen LogP contribution in [0.15, 0.2) is 18.2 Å². The number of hydrogen-bond acceptors (Lipinski definition) is 2. The number of benzene rings is 1. The number of halogens is 1. The Morgan fingerprint density at radius 3 is 2.75 bits per heavy atom. The molecule has 1 heterocycles. The van der Waals surface area contributed by atoms with Gasteiger partial charge in [0.1, 0.15) is 6.10 Å². The van der Waals surface area contributed by atoms with Gasteiger partial charge in [0.15, 0.2) is 11.6 Å². The van der Waals surface area contributed by atoms with E-state index in [1.807, 2.05) is 6.07 Å². The molecule has 0 amide bonds. The summed E-state index contributed by atoms with van der Waals surface area (Å²) in [7, 11) is 0. The number of hydrogen-bond donors (Lipinski definition) is 0. The molecule has 1 fully saturated rings. The highest BCUT2D eigenvalue weighted by Gasteiger charge is 2.21. The molecule has 3 heteroatoms. The summed E-state index contributed by atoms with van der Waals surface area (Å²) in [6.45, 7) is 5.31. The van der Waals surface area contributed by atoms with Crippen molar-refractivity contribution in [3.05, 3.63) is 29.6 Å². The Morgan fingerprint density at radius 1 is 1.50 bits per heavy atom. The van der Waals surface area contributed by atoms with Crippen LogP contribution >= 0.6 is 0 Å². The maximum Gasteiger partial charge on any atom is 0.165 e. The van der Waals surface area contributed by atoms with Gasteiger partial charge in [-0.3, -0.25) is 0 Å². The van der Waals surface area contributed by atoms with Gasteiger partial charge < -0.3 is 9.47 Å². The highest BCUT2D eigenvalue weighted by molar-refractivity contribution is 5.31. The zero-order valence-electron chi connectivity index (χ0n) is 9.70. The fourth-order valence-corrected chi connectivity index (χ4v) is 1.62. The molecule has 1 aliphatic rings. The van der Waals surface area contributed by atoms with Gasteiger partial charge in [0.25, 0.3) is 0 Å². The van der Waals surface area contributed by atoms with Crippen molar-refractivity contribution in [1.29, 1.82) is 0 Å². The van der Waals surface area contributed by atoms with Crippen LogP contribution < -0.4 is 4.74 Å². The van der Waals surface area contributed by atoms with E-state index in [4.69, 9.17) is 9.47 Å². The maximum atomic E-state index is 13.7. The first kappa shape index (κ1) is 11.4. The molecule has 0 N–H and O–H groups in total. The third-order valence-corrected chi connectivity index (χ3v) is 3.04. The molecule has 1 aromatic carbocycles. The van der Waals surface area contributed by atoms with Gasteiger partial charge in [-0.2, -0.15) is 0 Å². The average Bonchev–Trinajstić information content (AvgIpc) is 2.23. The summed E-state index contributed by atoms with van der Waals surface area (Å²) >= 11 is 0. The summed E-state index contributed by atoms with van der Waals surface area (Å²) in [6, 6.07) is 5.23. The fraction of sp³-hybridized carbons (Fsp3) is 0.538. The predicted octanol–water partition coefficient (Wildman–Crippen LogP) is 3.12. The molecule has 0 saturated carbocycles. The highest BCUT2D eigenvalue weighted by Crippen LogP contribution is 2.26. The van der Waals surface area contributed by atoms with Gasteiger partial charge in [-0.05, 0) is 30.0 Å². The van der Waals surface area contributed by atoms with Crippen LogP contribution in [0.2, 0.25) is 0 Å². The summed E-state index contributed by atoms with van der Waals surface area (Å²) in [5, 5.41) is 0. The van der Waals surface area contributed by atoms with Crippen LogP contribution in [0, 0.1) is 5.82 Å². The minimum atomic E-state index is -0.273. The van der Waals surface area contributed by atoms with E-state index in [1.54, 1.807) is 12.1 Å². The molecule has 2 nitrogen and oxygen atoms in total. The van der Waals surface area contributed by atoms with Crippen molar-refractivity contribution < 1.29 is 13.9 Å². The molecule has 0 spiro atoms. The first-order valence-corrected chi connectivity index (χ1v) is 5.74. The van der Waals surface area contributed by atoms with Crippen LogP contribution in [-0.4, -0.2) is 19.3 Å². The number of rotatable bonds is 4. The third-order valence-electron chi connectivity index (χ3n) is 3.04.